The minimum Gasteiger partial charge on any atom is -0.314 e. The van der Waals surface area contributed by atoms with E-state index in [9.17, 15) is 0 Å². The van der Waals surface area contributed by atoms with Gasteiger partial charge >= 0.3 is 0 Å². The summed E-state index contributed by atoms with van der Waals surface area (Å²) in [5, 5.41) is 3.78. The van der Waals surface area contributed by atoms with Gasteiger partial charge in [-0.3, -0.25) is 0 Å². The average molecular weight is 194 g/mol. The Labute approximate surface area is 87.0 Å². The molecule has 2 bridgehead atoms. The van der Waals surface area contributed by atoms with Gasteiger partial charge in [0.05, 0.1) is 0 Å². The number of rotatable bonds is 3. The first-order valence-electron chi connectivity index (χ1n) is 6.28. The van der Waals surface area contributed by atoms with E-state index in [1.54, 1.807) is 0 Å². The Kier molecular flexibility index (Phi) is 2.29. The van der Waals surface area contributed by atoms with Crippen LogP contribution in [0.1, 0.15) is 38.5 Å². The molecule has 1 saturated carbocycles. The van der Waals surface area contributed by atoms with E-state index < -0.39 is 0 Å². The van der Waals surface area contributed by atoms with Gasteiger partial charge in [-0.25, -0.2) is 0 Å². The van der Waals surface area contributed by atoms with Crippen LogP contribution >= 0.6 is 0 Å². The predicted octanol–water partition coefficient (Wildman–Crippen LogP) is 1.61. The average Bonchev–Trinajstić information content (AvgIpc) is 2.97. The van der Waals surface area contributed by atoms with Crippen LogP contribution in [0.5, 0.6) is 0 Å². The van der Waals surface area contributed by atoms with Crippen molar-refractivity contribution < 1.29 is 0 Å². The fraction of sp³-hybridized carbons (Fsp3) is 1.00. The molecule has 0 aromatic heterocycles. The molecule has 2 aliphatic heterocycles. The van der Waals surface area contributed by atoms with Crippen molar-refractivity contribution in [3.05, 3.63) is 0 Å². The summed E-state index contributed by atoms with van der Waals surface area (Å²) >= 11 is 0. The third-order valence-corrected chi connectivity index (χ3v) is 4.49. The topological polar surface area (TPSA) is 15.3 Å². The zero-order valence-electron chi connectivity index (χ0n) is 9.21. The van der Waals surface area contributed by atoms with Crippen LogP contribution in [0.2, 0.25) is 0 Å². The summed E-state index contributed by atoms with van der Waals surface area (Å²) < 4.78 is 0. The van der Waals surface area contributed by atoms with Gasteiger partial charge in [-0.2, -0.15) is 0 Å². The Balaban J connectivity index is 1.51. The Morgan fingerprint density at radius 2 is 1.71 bits per heavy atom. The van der Waals surface area contributed by atoms with E-state index in [0.717, 1.165) is 24.0 Å². The minimum absolute atomic E-state index is 0.837. The van der Waals surface area contributed by atoms with Crippen molar-refractivity contribution in [2.45, 2.75) is 56.7 Å². The molecule has 3 aliphatic rings. The maximum atomic E-state index is 3.78. The van der Waals surface area contributed by atoms with Crippen molar-refractivity contribution in [1.82, 2.24) is 10.2 Å². The first-order valence-corrected chi connectivity index (χ1v) is 6.28. The smallest absolute Gasteiger partial charge is 0.0111 e. The fourth-order valence-electron chi connectivity index (χ4n) is 3.23. The molecule has 3 fully saturated rings. The highest BCUT2D eigenvalue weighted by Gasteiger charge is 2.38. The molecule has 0 radical (unpaired) electrons. The van der Waals surface area contributed by atoms with E-state index in [2.05, 4.69) is 17.3 Å². The molecule has 14 heavy (non-hydrogen) atoms. The molecule has 0 aromatic carbocycles. The van der Waals surface area contributed by atoms with Crippen molar-refractivity contribution in [3.63, 3.8) is 0 Å². The highest BCUT2D eigenvalue weighted by Crippen LogP contribution is 2.35. The molecule has 3 rings (SSSR count). The van der Waals surface area contributed by atoms with Crippen molar-refractivity contribution in [1.29, 1.82) is 0 Å². The van der Waals surface area contributed by atoms with Crippen molar-refractivity contribution in [2.24, 2.45) is 5.92 Å². The molecule has 1 aliphatic carbocycles. The molecule has 0 spiro atoms. The lowest BCUT2D eigenvalue weighted by molar-refractivity contribution is 0.148. The highest BCUT2D eigenvalue weighted by atomic mass is 15.2. The van der Waals surface area contributed by atoms with Gasteiger partial charge in [-0.15, -0.1) is 0 Å². The molecule has 1 N–H and O–H groups in total. The summed E-state index contributed by atoms with van der Waals surface area (Å²) in [4.78, 5) is 2.62. The number of hydrogen-bond acceptors (Lipinski definition) is 2. The molecule has 0 aromatic rings. The summed E-state index contributed by atoms with van der Waals surface area (Å²) in [5.41, 5.74) is 0. The molecular formula is C12H22N2. The van der Waals surface area contributed by atoms with Gasteiger partial charge < -0.3 is 10.2 Å². The second-order valence-corrected chi connectivity index (χ2v) is 5.57. The van der Waals surface area contributed by atoms with Crippen LogP contribution in [0.4, 0.5) is 0 Å². The van der Waals surface area contributed by atoms with Crippen LogP contribution in [0.25, 0.3) is 0 Å². The Hall–Kier alpha value is -0.0800. The zero-order valence-corrected chi connectivity index (χ0v) is 9.21. The number of nitrogens with zero attached hydrogens (tertiary/aromatic N) is 1. The SMILES string of the molecule is CN1C2CCC1CC(NCC1CC1)C2. The Morgan fingerprint density at radius 3 is 2.29 bits per heavy atom. The summed E-state index contributed by atoms with van der Waals surface area (Å²) in [6.45, 7) is 1.30. The molecule has 2 heterocycles. The van der Waals surface area contributed by atoms with Gasteiger partial charge in [0.1, 0.15) is 0 Å². The second-order valence-electron chi connectivity index (χ2n) is 5.57. The summed E-state index contributed by atoms with van der Waals surface area (Å²) in [6, 6.07) is 2.63. The van der Waals surface area contributed by atoms with Crippen LogP contribution < -0.4 is 5.32 Å². The monoisotopic (exact) mass is 194 g/mol. The maximum Gasteiger partial charge on any atom is 0.0111 e. The number of fused-ring (bicyclic) bond motifs is 2. The van der Waals surface area contributed by atoms with Gasteiger partial charge in [-0.1, -0.05) is 0 Å². The first kappa shape index (κ1) is 9.17. The molecule has 80 valence electrons. The van der Waals surface area contributed by atoms with Crippen LogP contribution in [0.15, 0.2) is 0 Å². The van der Waals surface area contributed by atoms with Crippen LogP contribution in [0, 0.1) is 5.92 Å². The predicted molar refractivity (Wildman–Crippen MR) is 58.3 cm³/mol. The van der Waals surface area contributed by atoms with E-state index >= 15 is 0 Å². The lowest BCUT2D eigenvalue weighted by Gasteiger charge is -2.36. The van der Waals surface area contributed by atoms with E-state index in [1.807, 2.05) is 0 Å². The van der Waals surface area contributed by atoms with Gasteiger partial charge in [0.25, 0.3) is 0 Å². The first-order chi connectivity index (χ1) is 6.83. The van der Waals surface area contributed by atoms with Crippen molar-refractivity contribution in [2.75, 3.05) is 13.6 Å². The lowest BCUT2D eigenvalue weighted by atomic mass is 9.98. The molecule has 2 heteroatoms. The molecule has 2 nitrogen and oxygen atoms in total. The van der Waals surface area contributed by atoms with Gasteiger partial charge in [-0.05, 0) is 58.0 Å². The van der Waals surface area contributed by atoms with Crippen molar-refractivity contribution >= 4 is 0 Å². The minimum atomic E-state index is 0.837. The quantitative estimate of drug-likeness (QED) is 0.734. The van der Waals surface area contributed by atoms with Gasteiger partial charge in [0, 0.05) is 18.1 Å². The van der Waals surface area contributed by atoms with Crippen LogP contribution in [-0.2, 0) is 0 Å². The third kappa shape index (κ3) is 1.70. The summed E-state index contributed by atoms with van der Waals surface area (Å²) in [7, 11) is 2.32. The standard InChI is InChI=1S/C12H22N2/c1-14-11-4-5-12(14)7-10(6-11)13-8-9-2-3-9/h9-13H,2-8H2,1H3. The Morgan fingerprint density at radius 1 is 1.07 bits per heavy atom. The Bertz CT molecular complexity index is 198. The largest absolute Gasteiger partial charge is 0.314 e. The number of hydrogen-bond donors (Lipinski definition) is 1. The molecule has 2 saturated heterocycles. The molecular weight excluding hydrogens is 172 g/mol. The zero-order chi connectivity index (χ0) is 9.54. The number of piperidine rings is 1. The van der Waals surface area contributed by atoms with E-state index in [-0.39, 0.29) is 0 Å². The number of nitrogens with one attached hydrogen (secondary N) is 1. The summed E-state index contributed by atoms with van der Waals surface area (Å²) in [5.74, 6) is 1.03. The summed E-state index contributed by atoms with van der Waals surface area (Å²) in [6.07, 6.45) is 8.66. The lowest BCUT2D eigenvalue weighted by Crippen LogP contribution is -2.47. The van der Waals surface area contributed by atoms with E-state index in [4.69, 9.17) is 0 Å². The molecule has 2 atom stereocenters. The maximum absolute atomic E-state index is 3.78. The van der Waals surface area contributed by atoms with Crippen molar-refractivity contribution in [3.8, 4) is 0 Å². The fourth-order valence-corrected chi connectivity index (χ4v) is 3.23. The van der Waals surface area contributed by atoms with Crippen LogP contribution in [-0.4, -0.2) is 36.6 Å². The van der Waals surface area contributed by atoms with Crippen LogP contribution in [0.3, 0.4) is 0 Å². The molecule has 2 unspecified atom stereocenters. The van der Waals surface area contributed by atoms with Gasteiger partial charge in [0.15, 0.2) is 0 Å². The normalized spacial score (nSPS) is 43.1. The van der Waals surface area contributed by atoms with E-state index in [0.29, 0.717) is 0 Å². The van der Waals surface area contributed by atoms with E-state index in [1.165, 1.54) is 45.1 Å². The third-order valence-electron chi connectivity index (χ3n) is 4.49. The molecule has 0 amide bonds. The second kappa shape index (κ2) is 3.49. The van der Waals surface area contributed by atoms with Gasteiger partial charge in [0.2, 0.25) is 0 Å². The highest BCUT2D eigenvalue weighted by molar-refractivity contribution is 4.96.